The summed E-state index contributed by atoms with van der Waals surface area (Å²) in [7, 11) is 0. The molecule has 1 saturated carbocycles. The van der Waals surface area contributed by atoms with Crippen LogP contribution in [-0.2, 0) is 4.79 Å². The second-order valence-electron chi connectivity index (χ2n) is 6.62. The van der Waals surface area contributed by atoms with Gasteiger partial charge >= 0.3 is 0 Å². The Morgan fingerprint density at radius 2 is 1.65 bits per heavy atom. The minimum Gasteiger partial charge on any atom is -0.486 e. The molecule has 2 fully saturated rings. The Labute approximate surface area is 137 Å². The van der Waals surface area contributed by atoms with Crippen LogP contribution >= 0.6 is 0 Å². The first-order valence-electron chi connectivity index (χ1n) is 8.75. The minimum atomic E-state index is 0.288. The van der Waals surface area contributed by atoms with E-state index in [1.165, 1.54) is 12.8 Å². The molecular weight excluding hydrogens is 292 g/mol. The van der Waals surface area contributed by atoms with Gasteiger partial charge in [-0.05, 0) is 25.0 Å². The van der Waals surface area contributed by atoms with E-state index in [0.29, 0.717) is 19.1 Å². The average Bonchev–Trinajstić information content (AvgIpc) is 3.15. The van der Waals surface area contributed by atoms with Crippen LogP contribution in [0.2, 0.25) is 0 Å². The number of piperazine rings is 1. The maximum absolute atomic E-state index is 12.5. The van der Waals surface area contributed by atoms with E-state index in [9.17, 15) is 4.79 Å². The third-order valence-corrected chi connectivity index (χ3v) is 5.19. The lowest BCUT2D eigenvalue weighted by Gasteiger charge is -2.37. The van der Waals surface area contributed by atoms with Gasteiger partial charge in [-0.2, -0.15) is 0 Å². The maximum atomic E-state index is 12.5. The highest BCUT2D eigenvalue weighted by Gasteiger charge is 2.29. The molecule has 3 aliphatic rings. The zero-order valence-electron chi connectivity index (χ0n) is 13.5. The normalized spacial score (nSPS) is 21.6. The first kappa shape index (κ1) is 14.7. The van der Waals surface area contributed by atoms with Crippen LogP contribution in [0.1, 0.15) is 25.7 Å². The Balaban J connectivity index is 1.38. The summed E-state index contributed by atoms with van der Waals surface area (Å²) in [6, 6.07) is 6.13. The highest BCUT2D eigenvalue weighted by atomic mass is 16.6. The first-order valence-corrected chi connectivity index (χ1v) is 8.75. The Bertz CT molecular complexity index is 576. The second-order valence-corrected chi connectivity index (χ2v) is 6.62. The summed E-state index contributed by atoms with van der Waals surface area (Å²) in [6.07, 6.45) is 4.60. The van der Waals surface area contributed by atoms with Crippen molar-refractivity contribution in [3.05, 3.63) is 18.2 Å². The van der Waals surface area contributed by atoms with Gasteiger partial charge < -0.3 is 19.3 Å². The predicted octanol–water partition coefficient (Wildman–Crippen LogP) is 2.30. The van der Waals surface area contributed by atoms with Gasteiger partial charge in [-0.3, -0.25) is 4.79 Å². The van der Waals surface area contributed by atoms with Crippen molar-refractivity contribution in [2.75, 3.05) is 44.3 Å². The Kier molecular flexibility index (Phi) is 4.02. The van der Waals surface area contributed by atoms with Crippen LogP contribution in [-0.4, -0.2) is 50.2 Å². The first-order chi connectivity index (χ1) is 11.3. The minimum absolute atomic E-state index is 0.288. The molecule has 5 nitrogen and oxygen atoms in total. The summed E-state index contributed by atoms with van der Waals surface area (Å²) in [6.45, 7) is 4.65. The summed E-state index contributed by atoms with van der Waals surface area (Å²) in [4.78, 5) is 16.9. The van der Waals surface area contributed by atoms with E-state index in [1.807, 2.05) is 6.07 Å². The van der Waals surface area contributed by atoms with E-state index in [4.69, 9.17) is 9.47 Å². The predicted molar refractivity (Wildman–Crippen MR) is 88.2 cm³/mol. The van der Waals surface area contributed by atoms with E-state index in [-0.39, 0.29) is 5.92 Å². The van der Waals surface area contributed by atoms with Gasteiger partial charge in [0.05, 0.1) is 0 Å². The van der Waals surface area contributed by atoms with Crippen molar-refractivity contribution in [1.82, 2.24) is 4.90 Å². The maximum Gasteiger partial charge on any atom is 0.225 e. The van der Waals surface area contributed by atoms with Crippen molar-refractivity contribution in [1.29, 1.82) is 0 Å². The van der Waals surface area contributed by atoms with Crippen LogP contribution in [0.3, 0.4) is 0 Å². The molecule has 4 rings (SSSR count). The number of carbonyl (C=O) groups excluding carboxylic acids is 1. The molecule has 1 aromatic rings. The van der Waals surface area contributed by atoms with Gasteiger partial charge in [0.2, 0.25) is 5.91 Å². The number of anilines is 1. The van der Waals surface area contributed by atoms with Gasteiger partial charge in [-0.15, -0.1) is 0 Å². The number of fused-ring (bicyclic) bond motifs is 1. The van der Waals surface area contributed by atoms with Crippen LogP contribution in [0.4, 0.5) is 5.69 Å². The lowest BCUT2D eigenvalue weighted by Crippen LogP contribution is -2.50. The molecule has 124 valence electrons. The number of hydrogen-bond acceptors (Lipinski definition) is 4. The fourth-order valence-corrected chi connectivity index (χ4v) is 3.84. The highest BCUT2D eigenvalue weighted by Crippen LogP contribution is 2.34. The molecule has 2 aliphatic heterocycles. The standard InChI is InChI=1S/C18H24N2O3/c21-18(14-3-1-2-4-14)20-9-7-19(8-10-20)15-5-6-16-17(13-15)23-12-11-22-16/h5-6,13-14H,1-4,7-12H2. The molecule has 0 bridgehead atoms. The molecule has 2 heterocycles. The quantitative estimate of drug-likeness (QED) is 0.839. The third kappa shape index (κ3) is 2.96. The molecule has 5 heteroatoms. The molecule has 0 atom stereocenters. The molecule has 1 aliphatic carbocycles. The summed E-state index contributed by atoms with van der Waals surface area (Å²) in [5.41, 5.74) is 1.15. The van der Waals surface area contributed by atoms with Crippen LogP contribution in [0.15, 0.2) is 18.2 Å². The van der Waals surface area contributed by atoms with Crippen molar-refractivity contribution < 1.29 is 14.3 Å². The van der Waals surface area contributed by atoms with Crippen molar-refractivity contribution >= 4 is 11.6 Å². The summed E-state index contributed by atoms with van der Waals surface area (Å²) < 4.78 is 11.2. The van der Waals surface area contributed by atoms with Crippen LogP contribution in [0.5, 0.6) is 11.5 Å². The van der Waals surface area contributed by atoms with Gasteiger partial charge in [-0.25, -0.2) is 0 Å². The Hall–Kier alpha value is -1.91. The summed E-state index contributed by atoms with van der Waals surface area (Å²) >= 11 is 0. The van der Waals surface area contributed by atoms with E-state index < -0.39 is 0 Å². The molecule has 0 aromatic heterocycles. The molecule has 0 radical (unpaired) electrons. The monoisotopic (exact) mass is 316 g/mol. The molecular formula is C18H24N2O3. The number of benzene rings is 1. The SMILES string of the molecule is O=C(C1CCCC1)N1CCN(c2ccc3c(c2)OCCO3)CC1. The number of nitrogens with zero attached hydrogens (tertiary/aromatic N) is 2. The molecule has 1 saturated heterocycles. The van der Waals surface area contributed by atoms with Gasteiger partial charge in [0, 0.05) is 43.9 Å². The fraction of sp³-hybridized carbons (Fsp3) is 0.611. The second kappa shape index (κ2) is 6.30. The van der Waals surface area contributed by atoms with Crippen LogP contribution in [0, 0.1) is 5.92 Å². The number of carbonyl (C=O) groups is 1. The zero-order valence-corrected chi connectivity index (χ0v) is 13.5. The van der Waals surface area contributed by atoms with Crippen molar-refractivity contribution in [2.45, 2.75) is 25.7 Å². The number of hydrogen-bond donors (Lipinski definition) is 0. The van der Waals surface area contributed by atoms with E-state index in [0.717, 1.165) is 56.2 Å². The molecule has 1 aromatic carbocycles. The molecule has 23 heavy (non-hydrogen) atoms. The lowest BCUT2D eigenvalue weighted by atomic mass is 10.1. The van der Waals surface area contributed by atoms with Crippen molar-refractivity contribution in [3.8, 4) is 11.5 Å². The smallest absolute Gasteiger partial charge is 0.225 e. The topological polar surface area (TPSA) is 42.0 Å². The Morgan fingerprint density at radius 1 is 0.957 bits per heavy atom. The Morgan fingerprint density at radius 3 is 2.39 bits per heavy atom. The van der Waals surface area contributed by atoms with Crippen molar-refractivity contribution in [2.24, 2.45) is 5.92 Å². The van der Waals surface area contributed by atoms with E-state index in [2.05, 4.69) is 21.9 Å². The number of ether oxygens (including phenoxy) is 2. The third-order valence-electron chi connectivity index (χ3n) is 5.19. The van der Waals surface area contributed by atoms with Gasteiger partial charge in [0.25, 0.3) is 0 Å². The van der Waals surface area contributed by atoms with Gasteiger partial charge in [-0.1, -0.05) is 12.8 Å². The fourth-order valence-electron chi connectivity index (χ4n) is 3.84. The highest BCUT2D eigenvalue weighted by molar-refractivity contribution is 5.79. The van der Waals surface area contributed by atoms with Gasteiger partial charge in [0.1, 0.15) is 13.2 Å². The summed E-state index contributed by atoms with van der Waals surface area (Å²) in [5, 5.41) is 0. The number of amides is 1. The van der Waals surface area contributed by atoms with Gasteiger partial charge in [0.15, 0.2) is 11.5 Å². The van der Waals surface area contributed by atoms with Crippen LogP contribution in [0.25, 0.3) is 0 Å². The average molecular weight is 316 g/mol. The molecule has 0 spiro atoms. The van der Waals surface area contributed by atoms with Crippen LogP contribution < -0.4 is 14.4 Å². The summed E-state index contributed by atoms with van der Waals surface area (Å²) in [5.74, 6) is 2.33. The van der Waals surface area contributed by atoms with E-state index in [1.54, 1.807) is 0 Å². The van der Waals surface area contributed by atoms with Crippen molar-refractivity contribution in [3.63, 3.8) is 0 Å². The molecule has 0 N–H and O–H groups in total. The largest absolute Gasteiger partial charge is 0.486 e. The lowest BCUT2D eigenvalue weighted by molar-refractivity contribution is -0.135. The number of rotatable bonds is 2. The van der Waals surface area contributed by atoms with E-state index >= 15 is 0 Å². The molecule has 0 unspecified atom stereocenters. The zero-order chi connectivity index (χ0) is 15.6. The molecule has 1 amide bonds.